The van der Waals surface area contributed by atoms with Gasteiger partial charge in [-0.1, -0.05) is 117 Å². The molecular formula is C73H112ClF3N12O12. The van der Waals surface area contributed by atoms with Gasteiger partial charge in [0.2, 0.25) is 70.9 Å². The number of rotatable bonds is 13. The maximum Gasteiger partial charge on any atom is 0.417 e. The highest BCUT2D eigenvalue weighted by atomic mass is 35.5. The van der Waals surface area contributed by atoms with Gasteiger partial charge in [0.15, 0.2) is 0 Å². The van der Waals surface area contributed by atoms with Gasteiger partial charge in [0.05, 0.1) is 23.6 Å². The molecule has 5 aliphatic rings. The molecule has 3 saturated heterocycles. The van der Waals surface area contributed by atoms with Crippen molar-refractivity contribution >= 4 is 82.5 Å². The maximum absolute atomic E-state index is 15.5. The van der Waals surface area contributed by atoms with E-state index >= 15 is 24.0 Å². The molecule has 0 aromatic heterocycles. The Labute approximate surface area is 599 Å². The van der Waals surface area contributed by atoms with E-state index in [1.165, 1.54) is 97.8 Å². The van der Waals surface area contributed by atoms with E-state index in [-0.39, 0.29) is 75.3 Å². The van der Waals surface area contributed by atoms with Crippen LogP contribution in [0, 0.1) is 23.7 Å². The number of fused-ring (bicyclic) bond motifs is 1. The van der Waals surface area contributed by atoms with Gasteiger partial charge >= 0.3 is 6.18 Å². The fraction of sp³-hybridized carbons (Fsp3) is 0.726. The standard InChI is InChI=1S/C73H112ClF3N12O12/c1-16-26-53-63(93)80-72(34-22-23-35-72)71(101)87(15)61(45(5)6)70(100)86(14)57(68(98)88-36-24-19-25-37-88)42-59(91)83(11)55(39-44(3)4)62(92)79-60(46(7)17-2)69(99)82(10)47(8)64(94)89-38-33-54(89)67(97)85(13)56(41-48-27-20-18-21-28-48)66(96)81(9)43-58(90)78-52(65(95)84(53)12)32-30-49-29-31-50(51(74)40-49)73(75,76)77/h16,29,31,40,44-48,52-57,60-61H,1,17-28,30,32-39,41-43H2,2-15H3,(H,78,90)(H,79,92)(H,80,93)/t46-,47-,52-,53-,54-,55-,56-,57-,60-,61-/m0/s1. The molecule has 0 unspecified atom stereocenters. The number of amides is 12. The molecule has 1 spiro atoms. The molecule has 3 N–H and O–H groups in total. The zero-order valence-electron chi connectivity index (χ0n) is 61.9. The SMILES string of the molecule is C=CC[C@H]1C(=O)NC2(CCCC2)C(=O)N(C)[C@@H](C(C)C)C(=O)N(C)[C@H](C(=O)N2CCCCC2)CC(=O)N(C)[C@@H](CC(C)C)C(=O)N[C@@H]([C@@H](C)CC)C(=O)N(C)[C@@H](C)C(=O)N2CC[C@H]2C(=O)N(C)[C@@H](CC2CCCCC2)C(=O)N(C)CC(=O)N[C@@H](CCc2ccc(C(F)(F)F)c(Cl)c2)C(=O)N1C. The number of benzene rings is 1. The van der Waals surface area contributed by atoms with Gasteiger partial charge in [-0.3, -0.25) is 57.5 Å². The average molecular weight is 1440 g/mol. The second-order valence-electron chi connectivity index (χ2n) is 29.8. The Morgan fingerprint density at radius 1 is 0.683 bits per heavy atom. The van der Waals surface area contributed by atoms with E-state index in [1.54, 1.807) is 25.7 Å². The van der Waals surface area contributed by atoms with Crippen molar-refractivity contribution in [3.63, 3.8) is 0 Å². The Hall–Kier alpha value is -7.32. The number of carbonyl (C=O) groups excluding carboxylic acids is 12. The number of hydrogen-bond donors (Lipinski definition) is 3. The zero-order valence-corrected chi connectivity index (χ0v) is 62.7. The lowest BCUT2D eigenvalue weighted by Gasteiger charge is -2.45. The summed E-state index contributed by atoms with van der Waals surface area (Å²) < 4.78 is 41.7. The molecule has 10 atom stereocenters. The highest BCUT2D eigenvalue weighted by Crippen LogP contribution is 2.37. The summed E-state index contributed by atoms with van der Waals surface area (Å²) in [7, 11) is 9.85. The Kier molecular flexibility index (Phi) is 29.6. The van der Waals surface area contributed by atoms with Crippen molar-refractivity contribution in [3.05, 3.63) is 47.0 Å². The first-order valence-corrected chi connectivity index (χ1v) is 36.6. The average Bonchev–Trinajstić information content (AvgIpc) is 1.71. The number of likely N-dealkylation sites (N-methyl/N-ethyl adjacent to an activating group) is 7. The van der Waals surface area contributed by atoms with Crippen molar-refractivity contribution in [2.75, 3.05) is 75.5 Å². The highest BCUT2D eigenvalue weighted by Gasteiger charge is 2.51. The number of piperidine rings is 1. The van der Waals surface area contributed by atoms with Gasteiger partial charge in [-0.25, -0.2) is 0 Å². The molecule has 2 saturated carbocycles. The van der Waals surface area contributed by atoms with Gasteiger partial charge in [-0.15, -0.1) is 6.58 Å². The number of nitrogens with zero attached hydrogens (tertiary/aromatic N) is 9. The largest absolute Gasteiger partial charge is 0.417 e. The Morgan fingerprint density at radius 2 is 1.30 bits per heavy atom. The van der Waals surface area contributed by atoms with Crippen molar-refractivity contribution in [1.29, 1.82) is 0 Å². The summed E-state index contributed by atoms with van der Waals surface area (Å²) >= 11 is 6.15. The Morgan fingerprint density at radius 3 is 1.85 bits per heavy atom. The molecule has 12 amide bonds. The minimum Gasteiger partial charge on any atom is -0.343 e. The van der Waals surface area contributed by atoms with Crippen LogP contribution in [0.1, 0.15) is 182 Å². The third kappa shape index (κ3) is 20.1. The molecule has 5 fully saturated rings. The summed E-state index contributed by atoms with van der Waals surface area (Å²) in [5.41, 5.74) is -2.46. The van der Waals surface area contributed by atoms with Crippen LogP contribution in [0.2, 0.25) is 5.02 Å². The predicted molar refractivity (Wildman–Crippen MR) is 376 cm³/mol. The van der Waals surface area contributed by atoms with Crippen LogP contribution in [0.3, 0.4) is 0 Å². The van der Waals surface area contributed by atoms with E-state index in [4.69, 9.17) is 11.6 Å². The predicted octanol–water partition coefficient (Wildman–Crippen LogP) is 6.44. The summed E-state index contributed by atoms with van der Waals surface area (Å²) in [6.45, 7) is 16.3. The topological polar surface area (TPSA) is 270 Å². The Balaban J connectivity index is 1.45. The van der Waals surface area contributed by atoms with E-state index in [1.807, 2.05) is 20.8 Å². The highest BCUT2D eigenvalue weighted by molar-refractivity contribution is 6.31. The first-order chi connectivity index (χ1) is 47.4. The van der Waals surface area contributed by atoms with Crippen LogP contribution in [0.4, 0.5) is 13.2 Å². The molecule has 0 bridgehead atoms. The smallest absolute Gasteiger partial charge is 0.343 e. The minimum absolute atomic E-state index is 0.00959. The normalized spacial score (nSPS) is 27.1. The molecule has 1 aromatic rings. The van der Waals surface area contributed by atoms with Crippen LogP contribution in [0.15, 0.2) is 30.9 Å². The molecular weight excluding hydrogens is 1330 g/mol. The van der Waals surface area contributed by atoms with Crippen LogP contribution < -0.4 is 16.0 Å². The third-order valence-electron chi connectivity index (χ3n) is 21.8. The molecule has 2 aliphatic carbocycles. The van der Waals surface area contributed by atoms with E-state index < -0.39 is 172 Å². The van der Waals surface area contributed by atoms with E-state index in [0.29, 0.717) is 45.2 Å². The van der Waals surface area contributed by atoms with Crippen molar-refractivity contribution in [3.8, 4) is 0 Å². The maximum atomic E-state index is 15.5. The lowest BCUT2D eigenvalue weighted by atomic mass is 9.84. The lowest BCUT2D eigenvalue weighted by Crippen LogP contribution is -2.65. The van der Waals surface area contributed by atoms with Crippen LogP contribution in [-0.2, 0) is 70.1 Å². The third-order valence-corrected chi connectivity index (χ3v) is 22.1. The number of aryl methyl sites for hydroxylation is 1. The molecule has 28 heteroatoms. The van der Waals surface area contributed by atoms with Gasteiger partial charge in [0.1, 0.15) is 59.9 Å². The summed E-state index contributed by atoms with van der Waals surface area (Å²) in [6, 6.07) is -8.29. The fourth-order valence-corrected chi connectivity index (χ4v) is 15.3. The van der Waals surface area contributed by atoms with Crippen LogP contribution in [0.5, 0.6) is 0 Å². The molecule has 3 heterocycles. The second-order valence-corrected chi connectivity index (χ2v) is 30.2. The molecule has 1 aromatic carbocycles. The lowest BCUT2D eigenvalue weighted by molar-refractivity contribution is -0.160. The summed E-state index contributed by atoms with van der Waals surface area (Å²) in [6.07, 6.45) is 4.12. The number of likely N-dealkylation sites (tertiary alicyclic amines) is 1. The van der Waals surface area contributed by atoms with Crippen molar-refractivity contribution in [2.45, 2.75) is 243 Å². The van der Waals surface area contributed by atoms with E-state index in [2.05, 4.69) is 22.5 Å². The number of hydrogen-bond acceptors (Lipinski definition) is 12. The molecule has 6 rings (SSSR count). The number of alkyl halides is 3. The Bertz CT molecular complexity index is 3170. The molecule has 0 radical (unpaired) electrons. The first-order valence-electron chi connectivity index (χ1n) is 36.2. The summed E-state index contributed by atoms with van der Waals surface area (Å²) in [4.78, 5) is 191. The van der Waals surface area contributed by atoms with E-state index in [0.717, 1.165) is 60.5 Å². The minimum atomic E-state index is -4.77. The summed E-state index contributed by atoms with van der Waals surface area (Å²) in [5, 5.41) is 8.04. The molecule has 564 valence electrons. The second kappa shape index (κ2) is 36.2. The fourth-order valence-electron chi connectivity index (χ4n) is 15.0. The summed E-state index contributed by atoms with van der Waals surface area (Å²) in [5.74, 6) is -9.35. The van der Waals surface area contributed by atoms with Gasteiger partial charge in [-0.05, 0) is 119 Å². The van der Waals surface area contributed by atoms with Crippen molar-refractivity contribution in [1.82, 2.24) is 60.0 Å². The number of halogens is 4. The monoisotopic (exact) mass is 1440 g/mol. The van der Waals surface area contributed by atoms with Crippen LogP contribution >= 0.6 is 11.6 Å². The van der Waals surface area contributed by atoms with E-state index in [9.17, 15) is 46.7 Å². The number of carbonyl (C=O) groups is 12. The molecule has 101 heavy (non-hydrogen) atoms. The van der Waals surface area contributed by atoms with Gasteiger partial charge < -0.3 is 60.0 Å². The first kappa shape index (κ1) is 82.6. The molecule has 24 nitrogen and oxygen atoms in total. The quantitative estimate of drug-likeness (QED) is 0.180. The van der Waals surface area contributed by atoms with Gasteiger partial charge in [-0.2, -0.15) is 13.2 Å². The van der Waals surface area contributed by atoms with Crippen LogP contribution in [-0.4, -0.2) is 250 Å². The number of nitrogens with one attached hydrogen (secondary N) is 3. The molecule has 3 aliphatic heterocycles. The van der Waals surface area contributed by atoms with Gasteiger partial charge in [0, 0.05) is 69.0 Å². The zero-order chi connectivity index (χ0) is 75.3. The van der Waals surface area contributed by atoms with Crippen LogP contribution in [0.25, 0.3) is 0 Å². The van der Waals surface area contributed by atoms with Crippen molar-refractivity contribution in [2.24, 2.45) is 23.7 Å². The van der Waals surface area contributed by atoms with Crippen molar-refractivity contribution < 1.29 is 70.7 Å². The van der Waals surface area contributed by atoms with Gasteiger partial charge in [0.25, 0.3) is 0 Å².